The molecule has 0 bridgehead atoms. The molecule has 2 fully saturated rings. The molecule has 6 rings (SSSR count). The molecule has 3 atom stereocenters. The highest BCUT2D eigenvalue weighted by Crippen LogP contribution is 2.45. The number of aromatic nitrogens is 2. The number of likely N-dealkylation sites (tertiary alicyclic amines) is 2. The zero-order chi connectivity index (χ0) is 34.4. The second-order valence-corrected chi connectivity index (χ2v) is 13.0. The van der Waals surface area contributed by atoms with Crippen molar-refractivity contribution < 1.29 is 23.9 Å². The van der Waals surface area contributed by atoms with Crippen LogP contribution in [0.15, 0.2) is 103 Å². The van der Waals surface area contributed by atoms with E-state index in [-0.39, 0.29) is 43.2 Å². The number of rotatable bonds is 12. The quantitative estimate of drug-likeness (QED) is 0.241. The topological polar surface area (TPSA) is 126 Å². The third kappa shape index (κ3) is 7.73. The van der Waals surface area contributed by atoms with Gasteiger partial charge in [-0.05, 0) is 23.6 Å². The van der Waals surface area contributed by atoms with Gasteiger partial charge in [-0.15, -0.1) is 0 Å². The lowest BCUT2D eigenvalue weighted by Crippen LogP contribution is -2.65. The number of nitrogens with zero attached hydrogens (tertiary/aromatic N) is 4. The second-order valence-electron chi connectivity index (χ2n) is 13.0. The number of amides is 4. The maximum Gasteiger partial charge on any atom is 0.257 e. The number of ether oxygens (including phenoxy) is 1. The molecule has 2 N–H and O–H groups in total. The van der Waals surface area contributed by atoms with Gasteiger partial charge in [0.15, 0.2) is 0 Å². The fraction of sp³-hybridized carbons (Fsp3) is 0.342. The molecule has 0 saturated carbocycles. The average molecular weight is 663 g/mol. The van der Waals surface area contributed by atoms with Gasteiger partial charge in [0, 0.05) is 44.8 Å². The molecule has 49 heavy (non-hydrogen) atoms. The summed E-state index contributed by atoms with van der Waals surface area (Å²) in [6.07, 6.45) is 2.89. The van der Waals surface area contributed by atoms with Gasteiger partial charge in [-0.1, -0.05) is 91.0 Å². The van der Waals surface area contributed by atoms with Gasteiger partial charge in [-0.3, -0.25) is 23.9 Å². The summed E-state index contributed by atoms with van der Waals surface area (Å²) >= 11 is 0. The van der Waals surface area contributed by atoms with E-state index in [2.05, 4.69) is 15.7 Å². The van der Waals surface area contributed by atoms with Crippen LogP contribution in [0.3, 0.4) is 0 Å². The van der Waals surface area contributed by atoms with E-state index in [1.165, 1.54) is 7.05 Å². The van der Waals surface area contributed by atoms with E-state index in [1.807, 2.05) is 91.0 Å². The number of hydrogen-bond acceptors (Lipinski definition) is 6. The standard InChI is InChI=1S/C38H42N6O5/c1-27(49-23-30-16-10-5-11-17-30)34(36(47)39-2)41-35(46)32-22-42(37(48)31-19-40-44(21-31)20-29-14-8-4-9-15-29)24-38(32)25-43(26-38)33(45)18-28-12-6-3-7-13-28/h3-17,19,21,27,32,34H,18,20,22-26H2,1-2H3,(H,39,47)(H,41,46)/t27-,32+,34+/m1/s1. The molecule has 11 nitrogen and oxygen atoms in total. The fourth-order valence-corrected chi connectivity index (χ4v) is 6.79. The van der Waals surface area contributed by atoms with Gasteiger partial charge in [0.05, 0.1) is 43.4 Å². The molecular weight excluding hydrogens is 620 g/mol. The Morgan fingerprint density at radius 2 is 1.45 bits per heavy atom. The van der Waals surface area contributed by atoms with Crippen LogP contribution >= 0.6 is 0 Å². The van der Waals surface area contributed by atoms with Crippen LogP contribution in [-0.2, 0) is 38.7 Å². The summed E-state index contributed by atoms with van der Waals surface area (Å²) in [5, 5.41) is 10.0. The van der Waals surface area contributed by atoms with Crippen molar-refractivity contribution in [1.29, 1.82) is 0 Å². The van der Waals surface area contributed by atoms with E-state index in [0.29, 0.717) is 31.7 Å². The Morgan fingerprint density at radius 3 is 2.08 bits per heavy atom. The Bertz CT molecular complexity index is 1760. The average Bonchev–Trinajstić information content (AvgIpc) is 3.75. The van der Waals surface area contributed by atoms with Crippen molar-refractivity contribution in [1.82, 2.24) is 30.2 Å². The lowest BCUT2D eigenvalue weighted by molar-refractivity contribution is -0.150. The summed E-state index contributed by atoms with van der Waals surface area (Å²) in [6, 6.07) is 28.0. The third-order valence-corrected chi connectivity index (χ3v) is 9.53. The molecule has 11 heteroatoms. The predicted molar refractivity (Wildman–Crippen MR) is 183 cm³/mol. The van der Waals surface area contributed by atoms with Crippen molar-refractivity contribution >= 4 is 23.6 Å². The van der Waals surface area contributed by atoms with Crippen LogP contribution in [-0.4, -0.2) is 88.6 Å². The summed E-state index contributed by atoms with van der Waals surface area (Å²) in [5.74, 6) is -1.65. The van der Waals surface area contributed by atoms with E-state index in [0.717, 1.165) is 16.7 Å². The molecule has 1 aromatic heterocycles. The SMILES string of the molecule is CNC(=O)[C@@H](NC(=O)[C@@H]1CN(C(=O)c2cnn(Cc3ccccc3)c2)CC12CN(C(=O)Cc1ccccc1)C2)[C@@H](C)OCc1ccccc1. The molecule has 254 valence electrons. The van der Waals surface area contributed by atoms with Gasteiger partial charge in [0.2, 0.25) is 17.7 Å². The molecule has 0 unspecified atom stereocenters. The van der Waals surface area contributed by atoms with Crippen LogP contribution < -0.4 is 10.6 Å². The molecule has 2 aliphatic heterocycles. The van der Waals surface area contributed by atoms with E-state index < -0.39 is 23.5 Å². The van der Waals surface area contributed by atoms with Gasteiger partial charge in [0.1, 0.15) is 6.04 Å². The lowest BCUT2D eigenvalue weighted by Gasteiger charge is -2.50. The van der Waals surface area contributed by atoms with Gasteiger partial charge < -0.3 is 25.2 Å². The van der Waals surface area contributed by atoms with Crippen molar-refractivity contribution in [2.75, 3.05) is 33.2 Å². The van der Waals surface area contributed by atoms with Crippen LogP contribution in [0.2, 0.25) is 0 Å². The summed E-state index contributed by atoms with van der Waals surface area (Å²) in [7, 11) is 1.52. The van der Waals surface area contributed by atoms with Crippen molar-refractivity contribution in [2.24, 2.45) is 11.3 Å². The first-order valence-corrected chi connectivity index (χ1v) is 16.6. The fourth-order valence-electron chi connectivity index (χ4n) is 6.79. The molecule has 0 radical (unpaired) electrons. The number of carbonyl (C=O) groups excluding carboxylic acids is 4. The Morgan fingerprint density at radius 1 is 0.857 bits per heavy atom. The van der Waals surface area contributed by atoms with Crippen LogP contribution in [0.4, 0.5) is 0 Å². The lowest BCUT2D eigenvalue weighted by atomic mass is 9.71. The first-order chi connectivity index (χ1) is 23.7. The van der Waals surface area contributed by atoms with Crippen LogP contribution in [0.5, 0.6) is 0 Å². The molecule has 4 amide bonds. The van der Waals surface area contributed by atoms with Gasteiger partial charge in [0.25, 0.3) is 5.91 Å². The Balaban J connectivity index is 1.18. The molecule has 1 spiro atoms. The van der Waals surface area contributed by atoms with Crippen molar-refractivity contribution in [3.05, 3.63) is 126 Å². The number of nitrogens with one attached hydrogen (secondary N) is 2. The maximum atomic E-state index is 14.1. The second kappa shape index (κ2) is 14.9. The summed E-state index contributed by atoms with van der Waals surface area (Å²) < 4.78 is 7.75. The van der Waals surface area contributed by atoms with Gasteiger partial charge in [-0.25, -0.2) is 0 Å². The minimum Gasteiger partial charge on any atom is -0.371 e. The summed E-state index contributed by atoms with van der Waals surface area (Å²) in [4.78, 5) is 57.7. The van der Waals surface area contributed by atoms with Crippen LogP contribution in [0.1, 0.15) is 34.0 Å². The van der Waals surface area contributed by atoms with Gasteiger partial charge >= 0.3 is 0 Å². The highest BCUT2D eigenvalue weighted by molar-refractivity contribution is 5.95. The zero-order valence-corrected chi connectivity index (χ0v) is 27.8. The molecular formula is C38H42N6O5. The van der Waals surface area contributed by atoms with E-state index in [1.54, 1.807) is 33.8 Å². The normalized spacial score (nSPS) is 17.6. The van der Waals surface area contributed by atoms with Gasteiger partial charge in [-0.2, -0.15) is 5.10 Å². The molecule has 4 aromatic rings. The third-order valence-electron chi connectivity index (χ3n) is 9.53. The summed E-state index contributed by atoms with van der Waals surface area (Å²) in [6.45, 7) is 3.66. The highest BCUT2D eigenvalue weighted by Gasteiger charge is 2.59. The molecule has 2 aliphatic rings. The smallest absolute Gasteiger partial charge is 0.257 e. The summed E-state index contributed by atoms with van der Waals surface area (Å²) in [5.41, 5.74) is 2.69. The van der Waals surface area contributed by atoms with Crippen LogP contribution in [0, 0.1) is 11.3 Å². The minimum atomic E-state index is -0.963. The highest BCUT2D eigenvalue weighted by atomic mass is 16.5. The van der Waals surface area contributed by atoms with E-state index >= 15 is 0 Å². The molecule has 2 saturated heterocycles. The first-order valence-electron chi connectivity index (χ1n) is 16.6. The number of carbonyl (C=O) groups is 4. The molecule has 0 aliphatic carbocycles. The first kappa shape index (κ1) is 33.6. The van der Waals surface area contributed by atoms with E-state index in [4.69, 9.17) is 4.74 Å². The number of likely N-dealkylation sites (N-methyl/N-ethyl adjacent to an activating group) is 1. The predicted octanol–water partition coefficient (Wildman–Crippen LogP) is 2.91. The zero-order valence-electron chi connectivity index (χ0n) is 27.8. The molecule has 3 aromatic carbocycles. The Labute approximate surface area is 286 Å². The molecule has 3 heterocycles. The maximum absolute atomic E-state index is 14.1. The van der Waals surface area contributed by atoms with Crippen LogP contribution in [0.25, 0.3) is 0 Å². The number of benzene rings is 3. The monoisotopic (exact) mass is 662 g/mol. The Kier molecular flexibility index (Phi) is 10.2. The van der Waals surface area contributed by atoms with E-state index in [9.17, 15) is 19.2 Å². The van der Waals surface area contributed by atoms with Crippen molar-refractivity contribution in [2.45, 2.75) is 38.6 Å². The van der Waals surface area contributed by atoms with Crippen molar-refractivity contribution in [3.8, 4) is 0 Å². The largest absolute Gasteiger partial charge is 0.371 e. The Hall–Kier alpha value is -5.29. The minimum absolute atomic E-state index is 0.0332. The number of hydrogen-bond donors (Lipinski definition) is 2. The van der Waals surface area contributed by atoms with Crippen molar-refractivity contribution in [3.63, 3.8) is 0 Å².